The first-order valence-corrected chi connectivity index (χ1v) is 11.1. The molecular formula is C22H35ClN4O2. The number of likely N-dealkylation sites (tertiary alicyclic amines) is 1. The number of amides is 3. The van der Waals surface area contributed by atoms with Gasteiger partial charge in [-0.3, -0.25) is 4.79 Å². The molecule has 1 aromatic rings. The maximum atomic E-state index is 12.6. The van der Waals surface area contributed by atoms with Gasteiger partial charge in [-0.25, -0.2) is 4.79 Å². The van der Waals surface area contributed by atoms with Crippen LogP contribution in [0.1, 0.15) is 51.6 Å². The molecule has 0 spiro atoms. The summed E-state index contributed by atoms with van der Waals surface area (Å²) in [5.74, 6) is 0.120. The molecule has 3 amide bonds. The van der Waals surface area contributed by atoms with Crippen LogP contribution in [0.4, 0.5) is 4.79 Å². The number of nitrogens with one attached hydrogen (secondary N) is 2. The summed E-state index contributed by atoms with van der Waals surface area (Å²) < 4.78 is 0. The van der Waals surface area contributed by atoms with E-state index in [9.17, 15) is 9.59 Å². The Kier molecular flexibility index (Phi) is 9.74. The summed E-state index contributed by atoms with van der Waals surface area (Å²) in [4.78, 5) is 29.1. The van der Waals surface area contributed by atoms with Gasteiger partial charge < -0.3 is 20.4 Å². The van der Waals surface area contributed by atoms with Crippen LogP contribution in [0, 0.1) is 5.92 Å². The second-order valence-corrected chi connectivity index (χ2v) is 8.10. The molecular weight excluding hydrogens is 388 g/mol. The Balaban J connectivity index is 1.69. The highest BCUT2D eigenvalue weighted by Crippen LogP contribution is 2.20. The predicted octanol–water partition coefficient (Wildman–Crippen LogP) is 3.67. The smallest absolute Gasteiger partial charge is 0.317 e. The molecule has 2 rings (SSSR count). The summed E-state index contributed by atoms with van der Waals surface area (Å²) >= 11 is 6.03. The van der Waals surface area contributed by atoms with Crippen molar-refractivity contribution in [3.05, 3.63) is 34.9 Å². The number of carbonyl (C=O) groups excluding carboxylic acids is 2. The van der Waals surface area contributed by atoms with Gasteiger partial charge >= 0.3 is 6.03 Å². The van der Waals surface area contributed by atoms with E-state index in [1.54, 1.807) is 4.90 Å². The molecule has 0 radical (unpaired) electrons. The summed E-state index contributed by atoms with van der Waals surface area (Å²) in [6.45, 7) is 11.3. The van der Waals surface area contributed by atoms with Gasteiger partial charge in [-0.05, 0) is 63.5 Å². The van der Waals surface area contributed by atoms with Crippen molar-refractivity contribution in [3.63, 3.8) is 0 Å². The van der Waals surface area contributed by atoms with Crippen molar-refractivity contribution in [3.8, 4) is 0 Å². The van der Waals surface area contributed by atoms with E-state index in [1.807, 2.05) is 31.2 Å². The number of hydrogen-bond acceptors (Lipinski definition) is 3. The Morgan fingerprint density at radius 3 is 2.55 bits per heavy atom. The fourth-order valence-electron chi connectivity index (χ4n) is 3.68. The van der Waals surface area contributed by atoms with Gasteiger partial charge in [0.1, 0.15) is 0 Å². The van der Waals surface area contributed by atoms with E-state index < -0.39 is 0 Å². The van der Waals surface area contributed by atoms with E-state index in [-0.39, 0.29) is 23.9 Å². The van der Waals surface area contributed by atoms with Gasteiger partial charge in [-0.2, -0.15) is 0 Å². The molecule has 0 aromatic heterocycles. The van der Waals surface area contributed by atoms with Crippen molar-refractivity contribution in [1.29, 1.82) is 0 Å². The highest BCUT2D eigenvalue weighted by Gasteiger charge is 2.27. The first-order valence-electron chi connectivity index (χ1n) is 10.8. The van der Waals surface area contributed by atoms with Gasteiger partial charge in [-0.15, -0.1) is 0 Å². The third-order valence-electron chi connectivity index (χ3n) is 5.69. The van der Waals surface area contributed by atoms with E-state index in [0.717, 1.165) is 31.6 Å². The number of hydrogen-bond donors (Lipinski definition) is 2. The largest absolute Gasteiger partial charge is 0.356 e. The third kappa shape index (κ3) is 7.52. The molecule has 0 saturated carbocycles. The molecule has 6 nitrogen and oxygen atoms in total. The maximum Gasteiger partial charge on any atom is 0.317 e. The van der Waals surface area contributed by atoms with Crippen molar-refractivity contribution in [2.45, 2.75) is 46.1 Å². The maximum absolute atomic E-state index is 12.6. The van der Waals surface area contributed by atoms with Gasteiger partial charge in [0.25, 0.3) is 0 Å². The zero-order valence-electron chi connectivity index (χ0n) is 17.9. The molecule has 0 bridgehead atoms. The molecule has 7 heteroatoms. The summed E-state index contributed by atoms with van der Waals surface area (Å²) in [6, 6.07) is 7.31. The summed E-state index contributed by atoms with van der Waals surface area (Å²) in [5, 5.41) is 6.75. The lowest BCUT2D eigenvalue weighted by Gasteiger charge is -2.32. The zero-order valence-corrected chi connectivity index (χ0v) is 18.7. The molecule has 0 aliphatic carbocycles. The van der Waals surface area contributed by atoms with Crippen LogP contribution in [0.5, 0.6) is 0 Å². The number of rotatable bonds is 9. The second-order valence-electron chi connectivity index (χ2n) is 7.66. The van der Waals surface area contributed by atoms with Crippen LogP contribution in [0.3, 0.4) is 0 Å². The van der Waals surface area contributed by atoms with Gasteiger partial charge in [0.15, 0.2) is 0 Å². The number of carbonyl (C=O) groups is 2. The quantitative estimate of drug-likeness (QED) is 0.597. The van der Waals surface area contributed by atoms with Crippen molar-refractivity contribution < 1.29 is 9.59 Å². The molecule has 1 fully saturated rings. The molecule has 29 heavy (non-hydrogen) atoms. The minimum absolute atomic E-state index is 0.00198. The first kappa shape index (κ1) is 23.5. The fourth-order valence-corrected chi connectivity index (χ4v) is 3.88. The first-order chi connectivity index (χ1) is 13.9. The van der Waals surface area contributed by atoms with E-state index in [0.29, 0.717) is 37.5 Å². The van der Waals surface area contributed by atoms with Crippen molar-refractivity contribution >= 4 is 23.5 Å². The van der Waals surface area contributed by atoms with Gasteiger partial charge in [0, 0.05) is 30.6 Å². The average molecular weight is 423 g/mol. The van der Waals surface area contributed by atoms with Crippen molar-refractivity contribution in [1.82, 2.24) is 20.4 Å². The monoisotopic (exact) mass is 422 g/mol. The number of nitrogens with zero attached hydrogens (tertiary/aromatic N) is 2. The van der Waals surface area contributed by atoms with Crippen LogP contribution in [0.25, 0.3) is 0 Å². The molecule has 1 aliphatic heterocycles. The molecule has 1 aromatic carbocycles. The molecule has 2 N–H and O–H groups in total. The highest BCUT2D eigenvalue weighted by atomic mass is 35.5. The Morgan fingerprint density at radius 2 is 1.93 bits per heavy atom. The molecule has 1 heterocycles. The van der Waals surface area contributed by atoms with Crippen LogP contribution in [-0.2, 0) is 4.79 Å². The Hall–Kier alpha value is -1.79. The Morgan fingerprint density at radius 1 is 1.24 bits per heavy atom. The Bertz CT molecular complexity index is 658. The van der Waals surface area contributed by atoms with Gasteiger partial charge in [0.2, 0.25) is 5.91 Å². The van der Waals surface area contributed by atoms with Crippen molar-refractivity contribution in [2.24, 2.45) is 5.92 Å². The normalized spacial score (nSPS) is 16.0. The van der Waals surface area contributed by atoms with Crippen LogP contribution in [0.2, 0.25) is 5.02 Å². The van der Waals surface area contributed by atoms with E-state index in [2.05, 4.69) is 29.4 Å². The lowest BCUT2D eigenvalue weighted by atomic mass is 9.96. The summed E-state index contributed by atoms with van der Waals surface area (Å²) in [5.41, 5.74) is 0.977. The van der Waals surface area contributed by atoms with Crippen LogP contribution < -0.4 is 10.6 Å². The summed E-state index contributed by atoms with van der Waals surface area (Å²) in [7, 11) is 0. The Labute approximate surface area is 180 Å². The minimum atomic E-state index is -0.118. The topological polar surface area (TPSA) is 64.7 Å². The molecule has 162 valence electrons. The van der Waals surface area contributed by atoms with Gasteiger partial charge in [-0.1, -0.05) is 37.6 Å². The predicted molar refractivity (Wildman–Crippen MR) is 118 cm³/mol. The lowest BCUT2D eigenvalue weighted by Crippen LogP contribution is -2.47. The van der Waals surface area contributed by atoms with Crippen LogP contribution in [-0.4, -0.2) is 61.0 Å². The lowest BCUT2D eigenvalue weighted by molar-refractivity contribution is -0.126. The highest BCUT2D eigenvalue weighted by molar-refractivity contribution is 6.30. The standard InChI is InChI=1S/C22H35ClN4O2/c1-4-26(5-2)13-7-12-24-21(28)18-10-14-27(15-11-18)22(29)25-17(3)19-8-6-9-20(23)16-19/h6,8-9,16-18H,4-5,7,10-15H2,1-3H3,(H,24,28)(H,25,29). The number of urea groups is 1. The molecule has 1 atom stereocenters. The number of piperidine rings is 1. The SMILES string of the molecule is CCN(CC)CCCNC(=O)C1CCN(C(=O)NC(C)c2cccc(Cl)c2)CC1. The fraction of sp³-hybridized carbons (Fsp3) is 0.636. The van der Waals surface area contributed by atoms with E-state index in [4.69, 9.17) is 11.6 Å². The van der Waals surface area contributed by atoms with E-state index >= 15 is 0 Å². The van der Waals surface area contributed by atoms with E-state index in [1.165, 1.54) is 0 Å². The van der Waals surface area contributed by atoms with Gasteiger partial charge in [0.05, 0.1) is 6.04 Å². The zero-order chi connectivity index (χ0) is 21.2. The average Bonchev–Trinajstić information content (AvgIpc) is 2.73. The third-order valence-corrected chi connectivity index (χ3v) is 5.92. The minimum Gasteiger partial charge on any atom is -0.356 e. The number of halogens is 1. The molecule has 1 unspecified atom stereocenters. The molecule has 1 aliphatic rings. The van der Waals surface area contributed by atoms with Crippen LogP contribution >= 0.6 is 11.6 Å². The van der Waals surface area contributed by atoms with Crippen LogP contribution in [0.15, 0.2) is 24.3 Å². The number of benzene rings is 1. The molecule has 1 saturated heterocycles. The summed E-state index contributed by atoms with van der Waals surface area (Å²) in [6.07, 6.45) is 2.39. The second kappa shape index (κ2) is 12.0. The van der Waals surface area contributed by atoms with Crippen molar-refractivity contribution in [2.75, 3.05) is 39.3 Å².